The highest BCUT2D eigenvalue weighted by atomic mass is 16.2. The summed E-state index contributed by atoms with van der Waals surface area (Å²) in [5.41, 5.74) is -0.00817. The number of nitrogens with zero attached hydrogens (tertiary/aromatic N) is 2. The summed E-state index contributed by atoms with van der Waals surface area (Å²) in [7, 11) is 0. The van der Waals surface area contributed by atoms with Gasteiger partial charge in [0, 0.05) is 18.6 Å². The third kappa shape index (κ3) is 1.54. The zero-order valence-electron chi connectivity index (χ0n) is 9.42. The van der Waals surface area contributed by atoms with Crippen LogP contribution < -0.4 is 0 Å². The molecule has 80 valence electrons. The molecular formula is C11H20N2O. The number of carbonyl (C=O) groups excluding carboxylic acids is 1. The number of rotatable bonds is 0. The minimum Gasteiger partial charge on any atom is -0.335 e. The molecular weight excluding hydrogens is 176 g/mol. The van der Waals surface area contributed by atoms with E-state index in [2.05, 4.69) is 25.7 Å². The zero-order chi connectivity index (χ0) is 10.3. The molecule has 0 N–H and O–H groups in total. The molecule has 2 aliphatic heterocycles. The van der Waals surface area contributed by atoms with E-state index in [0.717, 1.165) is 26.1 Å². The Morgan fingerprint density at radius 1 is 1.21 bits per heavy atom. The van der Waals surface area contributed by atoms with E-state index in [1.54, 1.807) is 0 Å². The van der Waals surface area contributed by atoms with E-state index in [4.69, 9.17) is 0 Å². The fourth-order valence-electron chi connectivity index (χ4n) is 2.56. The molecule has 0 aliphatic carbocycles. The van der Waals surface area contributed by atoms with Crippen molar-refractivity contribution in [2.24, 2.45) is 0 Å². The maximum Gasteiger partial charge on any atom is 0.240 e. The summed E-state index contributed by atoms with van der Waals surface area (Å²) in [5, 5.41) is 0. The number of fused-ring (bicyclic) bond motifs is 1. The predicted octanol–water partition coefficient (Wildman–Crippen LogP) is 1.09. The lowest BCUT2D eigenvalue weighted by atomic mass is 10.0. The van der Waals surface area contributed by atoms with Crippen LogP contribution in [-0.4, -0.2) is 46.9 Å². The molecule has 2 fully saturated rings. The van der Waals surface area contributed by atoms with E-state index < -0.39 is 0 Å². The van der Waals surface area contributed by atoms with Gasteiger partial charge in [-0.25, -0.2) is 0 Å². The third-order valence-electron chi connectivity index (χ3n) is 3.34. The van der Waals surface area contributed by atoms with Gasteiger partial charge in [0.2, 0.25) is 5.91 Å². The molecule has 3 heteroatoms. The summed E-state index contributed by atoms with van der Waals surface area (Å²) in [6.07, 6.45) is 2.25. The first-order chi connectivity index (χ1) is 6.50. The molecule has 0 saturated carbocycles. The Morgan fingerprint density at radius 2 is 1.93 bits per heavy atom. The van der Waals surface area contributed by atoms with Gasteiger partial charge in [-0.15, -0.1) is 0 Å². The second-order valence-corrected chi connectivity index (χ2v) is 5.35. The second kappa shape index (κ2) is 3.23. The van der Waals surface area contributed by atoms with Crippen LogP contribution in [0.2, 0.25) is 0 Å². The van der Waals surface area contributed by atoms with Gasteiger partial charge in [-0.3, -0.25) is 9.69 Å². The summed E-state index contributed by atoms with van der Waals surface area (Å²) in [5.74, 6) is 0.348. The Balaban J connectivity index is 2.13. The third-order valence-corrected chi connectivity index (χ3v) is 3.34. The van der Waals surface area contributed by atoms with Crippen molar-refractivity contribution < 1.29 is 4.79 Å². The van der Waals surface area contributed by atoms with Gasteiger partial charge in [-0.05, 0) is 40.2 Å². The summed E-state index contributed by atoms with van der Waals surface area (Å²) in [6.45, 7) is 9.45. The number of hydrogen-bond acceptors (Lipinski definition) is 2. The van der Waals surface area contributed by atoms with E-state index in [1.165, 1.54) is 6.42 Å². The Kier molecular flexibility index (Phi) is 2.30. The van der Waals surface area contributed by atoms with Crippen molar-refractivity contribution in [1.29, 1.82) is 0 Å². The molecule has 0 aromatic carbocycles. The van der Waals surface area contributed by atoms with Gasteiger partial charge in [0.15, 0.2) is 0 Å². The molecule has 1 amide bonds. The lowest BCUT2D eigenvalue weighted by molar-refractivity contribution is -0.145. The SMILES string of the molecule is CC(C)(C)N1CCN2CCC[C@H]2C1=O. The van der Waals surface area contributed by atoms with Gasteiger partial charge in [-0.2, -0.15) is 0 Å². The largest absolute Gasteiger partial charge is 0.335 e. The molecule has 1 atom stereocenters. The number of hydrogen-bond donors (Lipinski definition) is 0. The highest BCUT2D eigenvalue weighted by Gasteiger charge is 2.40. The van der Waals surface area contributed by atoms with Crippen LogP contribution in [0.4, 0.5) is 0 Å². The lowest BCUT2D eigenvalue weighted by Crippen LogP contribution is -2.59. The lowest BCUT2D eigenvalue weighted by Gasteiger charge is -2.44. The van der Waals surface area contributed by atoms with Gasteiger partial charge in [0.1, 0.15) is 0 Å². The molecule has 2 rings (SSSR count). The topological polar surface area (TPSA) is 23.6 Å². The Morgan fingerprint density at radius 3 is 2.57 bits per heavy atom. The molecule has 0 unspecified atom stereocenters. The molecule has 2 aliphatic rings. The van der Waals surface area contributed by atoms with Crippen molar-refractivity contribution in [2.45, 2.75) is 45.2 Å². The van der Waals surface area contributed by atoms with Crippen LogP contribution in [0.5, 0.6) is 0 Å². The highest BCUT2D eigenvalue weighted by Crippen LogP contribution is 2.26. The molecule has 2 saturated heterocycles. The molecule has 0 spiro atoms. The normalized spacial score (nSPS) is 29.5. The van der Waals surface area contributed by atoms with Crippen LogP contribution in [0.15, 0.2) is 0 Å². The van der Waals surface area contributed by atoms with E-state index in [-0.39, 0.29) is 11.6 Å². The van der Waals surface area contributed by atoms with Crippen molar-refractivity contribution in [1.82, 2.24) is 9.80 Å². The van der Waals surface area contributed by atoms with Crippen molar-refractivity contribution in [3.63, 3.8) is 0 Å². The summed E-state index contributed by atoms with van der Waals surface area (Å²) < 4.78 is 0. The fraction of sp³-hybridized carbons (Fsp3) is 0.909. The van der Waals surface area contributed by atoms with Crippen molar-refractivity contribution in [3.05, 3.63) is 0 Å². The average Bonchev–Trinajstić information content (AvgIpc) is 2.50. The first-order valence-corrected chi connectivity index (χ1v) is 5.56. The molecule has 0 aromatic rings. The minimum absolute atomic E-state index is 0.00817. The van der Waals surface area contributed by atoms with Gasteiger partial charge in [0.05, 0.1) is 6.04 Å². The summed E-state index contributed by atoms with van der Waals surface area (Å²) in [4.78, 5) is 16.5. The van der Waals surface area contributed by atoms with Crippen molar-refractivity contribution >= 4 is 5.91 Å². The zero-order valence-corrected chi connectivity index (χ0v) is 9.42. The molecule has 2 heterocycles. The van der Waals surface area contributed by atoms with Gasteiger partial charge in [-0.1, -0.05) is 0 Å². The average molecular weight is 196 g/mol. The van der Waals surface area contributed by atoms with E-state index >= 15 is 0 Å². The van der Waals surface area contributed by atoms with Crippen LogP contribution in [0, 0.1) is 0 Å². The Labute approximate surface area is 86.1 Å². The Bertz CT molecular complexity index is 244. The number of piperazine rings is 1. The van der Waals surface area contributed by atoms with Crippen LogP contribution in [-0.2, 0) is 4.79 Å². The molecule has 0 aromatic heterocycles. The fourth-order valence-corrected chi connectivity index (χ4v) is 2.56. The molecule has 14 heavy (non-hydrogen) atoms. The van der Waals surface area contributed by atoms with E-state index in [1.807, 2.05) is 4.90 Å². The van der Waals surface area contributed by atoms with E-state index in [0.29, 0.717) is 5.91 Å². The standard InChI is InChI=1S/C11H20N2O/c1-11(2,3)13-8-7-12-6-4-5-9(12)10(13)14/h9H,4-8H2,1-3H3/t9-/m0/s1. The summed E-state index contributed by atoms with van der Waals surface area (Å²) >= 11 is 0. The molecule has 0 bridgehead atoms. The van der Waals surface area contributed by atoms with Crippen LogP contribution >= 0.6 is 0 Å². The smallest absolute Gasteiger partial charge is 0.240 e. The molecule has 3 nitrogen and oxygen atoms in total. The summed E-state index contributed by atoms with van der Waals surface area (Å²) in [6, 6.07) is 0.197. The van der Waals surface area contributed by atoms with Crippen LogP contribution in [0.3, 0.4) is 0 Å². The van der Waals surface area contributed by atoms with Crippen molar-refractivity contribution in [2.75, 3.05) is 19.6 Å². The van der Waals surface area contributed by atoms with Gasteiger partial charge in [0.25, 0.3) is 0 Å². The van der Waals surface area contributed by atoms with E-state index in [9.17, 15) is 4.79 Å². The van der Waals surface area contributed by atoms with Crippen LogP contribution in [0.1, 0.15) is 33.6 Å². The highest BCUT2D eigenvalue weighted by molar-refractivity contribution is 5.83. The maximum atomic E-state index is 12.1. The number of amides is 1. The number of carbonyl (C=O) groups is 1. The minimum atomic E-state index is -0.00817. The van der Waals surface area contributed by atoms with Gasteiger partial charge >= 0.3 is 0 Å². The first kappa shape index (κ1) is 9.97. The quantitative estimate of drug-likeness (QED) is 0.579. The Hall–Kier alpha value is -0.570. The van der Waals surface area contributed by atoms with Gasteiger partial charge < -0.3 is 4.90 Å². The predicted molar refractivity (Wildman–Crippen MR) is 56.1 cm³/mol. The maximum absolute atomic E-state index is 12.1. The van der Waals surface area contributed by atoms with Crippen LogP contribution in [0.25, 0.3) is 0 Å². The van der Waals surface area contributed by atoms with Crippen molar-refractivity contribution in [3.8, 4) is 0 Å². The monoisotopic (exact) mass is 196 g/mol. The second-order valence-electron chi connectivity index (χ2n) is 5.35. The molecule has 0 radical (unpaired) electrons. The first-order valence-electron chi connectivity index (χ1n) is 5.56.